The van der Waals surface area contributed by atoms with Gasteiger partial charge in [0.05, 0.1) is 0 Å². The number of hydrogen-bond acceptors (Lipinski definition) is 0. The molecular weight excluding hydrogens is 185 g/mol. The predicted molar refractivity (Wildman–Crippen MR) is 51.6 cm³/mol. The first-order chi connectivity index (χ1) is 4.91. The molecule has 1 heteroatoms. The first kappa shape index (κ1) is 22.6. The monoisotopic (exact) mass is 207 g/mol. The van der Waals surface area contributed by atoms with Gasteiger partial charge in [0.1, 0.15) is 0 Å². The van der Waals surface area contributed by atoms with Crippen LogP contribution in [-0.2, 0) is 19.5 Å². The molecule has 0 nitrogen and oxygen atoms in total. The van der Waals surface area contributed by atoms with Crippen LogP contribution >= 0.6 is 0 Å². The second kappa shape index (κ2) is 46.0. The molecule has 0 saturated heterocycles. The molecular formula is C10H23Zn-3. The van der Waals surface area contributed by atoms with Crippen molar-refractivity contribution in [2.75, 3.05) is 0 Å². The fourth-order valence-electron chi connectivity index (χ4n) is 0.427. The van der Waals surface area contributed by atoms with Crippen LogP contribution in [0.2, 0.25) is 0 Å². The summed E-state index contributed by atoms with van der Waals surface area (Å²) in [4.78, 5) is 0. The van der Waals surface area contributed by atoms with E-state index in [0.717, 1.165) is 6.42 Å². The smallest absolute Gasteiger partial charge is 0 e. The van der Waals surface area contributed by atoms with Crippen LogP contribution in [0.5, 0.6) is 0 Å². The molecule has 0 aromatic carbocycles. The molecule has 11 heavy (non-hydrogen) atoms. The van der Waals surface area contributed by atoms with Crippen molar-refractivity contribution >= 4 is 0 Å². The zero-order valence-electron chi connectivity index (χ0n) is 8.66. The van der Waals surface area contributed by atoms with Crippen molar-refractivity contribution in [3.8, 4) is 0 Å². The van der Waals surface area contributed by atoms with Crippen LogP contribution < -0.4 is 0 Å². The molecule has 0 unspecified atom stereocenters. The Kier molecular flexibility index (Phi) is 94.4. The van der Waals surface area contributed by atoms with Gasteiger partial charge in [-0.05, 0) is 0 Å². The second-order valence-corrected chi connectivity index (χ2v) is 1.56. The van der Waals surface area contributed by atoms with E-state index < -0.39 is 0 Å². The van der Waals surface area contributed by atoms with Gasteiger partial charge in [-0.25, -0.2) is 0 Å². The maximum Gasteiger partial charge on any atom is 0 e. The maximum atomic E-state index is 3.72. The molecule has 0 radical (unpaired) electrons. The van der Waals surface area contributed by atoms with Gasteiger partial charge in [-0.1, -0.05) is 26.2 Å². The summed E-state index contributed by atoms with van der Waals surface area (Å²) < 4.78 is 0. The Morgan fingerprint density at radius 2 is 1.27 bits per heavy atom. The van der Waals surface area contributed by atoms with Gasteiger partial charge in [0.2, 0.25) is 0 Å². The van der Waals surface area contributed by atoms with E-state index in [2.05, 4.69) is 27.7 Å². The molecule has 0 atom stereocenters. The molecule has 68 valence electrons. The summed E-state index contributed by atoms with van der Waals surface area (Å²) in [6.45, 7) is 15.9. The van der Waals surface area contributed by atoms with E-state index in [-0.39, 0.29) is 19.5 Å². The molecule has 0 aromatic heterocycles. The fourth-order valence-corrected chi connectivity index (χ4v) is 0.427. The molecule has 0 spiro atoms. The van der Waals surface area contributed by atoms with Gasteiger partial charge in [0.15, 0.2) is 0 Å². The van der Waals surface area contributed by atoms with Gasteiger partial charge >= 0.3 is 0 Å². The van der Waals surface area contributed by atoms with Crippen molar-refractivity contribution in [3.05, 3.63) is 20.8 Å². The Morgan fingerprint density at radius 3 is 1.36 bits per heavy atom. The standard InChI is InChI=1S/C6H13.2C2H5.Zn/c1-3-5-6-4-2;2*1-2;/h1,3-6H2,2H3;2*1H2,2H3;/q3*-1;. The first-order valence-corrected chi connectivity index (χ1v) is 4.12. The van der Waals surface area contributed by atoms with Crippen LogP contribution in [0.3, 0.4) is 0 Å². The van der Waals surface area contributed by atoms with Crippen molar-refractivity contribution in [1.29, 1.82) is 0 Å². The topological polar surface area (TPSA) is 0 Å². The van der Waals surface area contributed by atoms with Crippen LogP contribution in [0.15, 0.2) is 0 Å². The Labute approximate surface area is 86.9 Å². The van der Waals surface area contributed by atoms with Crippen LogP contribution in [0.1, 0.15) is 46.5 Å². The van der Waals surface area contributed by atoms with E-state index in [0.29, 0.717) is 0 Å². The Morgan fingerprint density at radius 1 is 0.909 bits per heavy atom. The normalized spacial score (nSPS) is 6.00. The van der Waals surface area contributed by atoms with Crippen molar-refractivity contribution in [3.63, 3.8) is 0 Å². The quantitative estimate of drug-likeness (QED) is 0.373. The largest absolute Gasteiger partial charge is 0.346 e. The molecule has 0 saturated carbocycles. The van der Waals surface area contributed by atoms with E-state index in [1.165, 1.54) is 19.3 Å². The average molecular weight is 209 g/mol. The number of rotatable bonds is 3. The molecule has 0 aliphatic carbocycles. The van der Waals surface area contributed by atoms with E-state index in [9.17, 15) is 0 Å². The third-order valence-corrected chi connectivity index (χ3v) is 0.854. The van der Waals surface area contributed by atoms with Crippen LogP contribution in [0.25, 0.3) is 0 Å². The Balaban J connectivity index is -0.0000000428. The van der Waals surface area contributed by atoms with Gasteiger partial charge in [0, 0.05) is 19.5 Å². The Bertz CT molecular complexity index is 16.8. The third-order valence-electron chi connectivity index (χ3n) is 0.854. The van der Waals surface area contributed by atoms with Crippen molar-refractivity contribution in [1.82, 2.24) is 0 Å². The van der Waals surface area contributed by atoms with E-state index in [4.69, 9.17) is 0 Å². The number of hydrogen-bond donors (Lipinski definition) is 0. The minimum absolute atomic E-state index is 0. The van der Waals surface area contributed by atoms with Crippen molar-refractivity contribution in [2.24, 2.45) is 0 Å². The minimum Gasteiger partial charge on any atom is -0.346 e. The second-order valence-electron chi connectivity index (χ2n) is 1.56. The molecule has 0 aliphatic rings. The molecule has 0 aromatic rings. The summed E-state index contributed by atoms with van der Waals surface area (Å²) in [6, 6.07) is 0. The molecule has 0 N–H and O–H groups in total. The van der Waals surface area contributed by atoms with E-state index >= 15 is 0 Å². The average Bonchev–Trinajstić information content (AvgIpc) is 2.08. The van der Waals surface area contributed by atoms with Crippen molar-refractivity contribution < 1.29 is 19.5 Å². The zero-order chi connectivity index (χ0) is 8.83. The predicted octanol–water partition coefficient (Wildman–Crippen LogP) is 4.08. The Hall–Kier alpha value is 0.623. The molecule has 0 aliphatic heterocycles. The maximum absolute atomic E-state index is 3.72. The molecule has 0 fully saturated rings. The summed E-state index contributed by atoms with van der Waals surface area (Å²) in [6.07, 6.45) is 5.07. The van der Waals surface area contributed by atoms with Gasteiger partial charge in [0.25, 0.3) is 0 Å². The van der Waals surface area contributed by atoms with Gasteiger partial charge < -0.3 is 20.8 Å². The molecule has 0 rings (SSSR count). The first-order valence-electron chi connectivity index (χ1n) is 4.12. The molecule has 0 bridgehead atoms. The zero-order valence-corrected chi connectivity index (χ0v) is 11.6. The summed E-state index contributed by atoms with van der Waals surface area (Å²) in [7, 11) is 0. The molecule has 0 heterocycles. The van der Waals surface area contributed by atoms with Crippen LogP contribution in [0, 0.1) is 20.8 Å². The van der Waals surface area contributed by atoms with Gasteiger partial charge in [-0.15, -0.1) is 0 Å². The van der Waals surface area contributed by atoms with E-state index in [1.807, 2.05) is 0 Å². The summed E-state index contributed by atoms with van der Waals surface area (Å²) in [5.74, 6) is 0. The third kappa shape index (κ3) is 60.2. The number of unbranched alkanes of at least 4 members (excludes halogenated alkanes) is 3. The SMILES string of the molecule is [CH2-]C.[CH2-]C.[CH2-]CCCCC.[Zn]. The summed E-state index contributed by atoms with van der Waals surface area (Å²) in [5, 5.41) is 0. The summed E-state index contributed by atoms with van der Waals surface area (Å²) >= 11 is 0. The van der Waals surface area contributed by atoms with Crippen molar-refractivity contribution in [2.45, 2.75) is 46.5 Å². The minimum atomic E-state index is 0. The van der Waals surface area contributed by atoms with Gasteiger partial charge in [-0.2, -0.15) is 20.3 Å². The van der Waals surface area contributed by atoms with Crippen LogP contribution in [0.4, 0.5) is 0 Å². The van der Waals surface area contributed by atoms with E-state index in [1.54, 1.807) is 13.8 Å². The van der Waals surface area contributed by atoms with Gasteiger partial charge in [-0.3, -0.25) is 0 Å². The van der Waals surface area contributed by atoms with Crippen LogP contribution in [-0.4, -0.2) is 0 Å². The summed E-state index contributed by atoms with van der Waals surface area (Å²) in [5.41, 5.74) is 0. The molecule has 0 amide bonds. The fraction of sp³-hybridized carbons (Fsp3) is 0.700.